The summed E-state index contributed by atoms with van der Waals surface area (Å²) in [5.41, 5.74) is 2.76. The van der Waals surface area contributed by atoms with Crippen molar-refractivity contribution >= 4 is 19.9 Å². The van der Waals surface area contributed by atoms with Gasteiger partial charge >= 0.3 is 0 Å². The lowest BCUT2D eigenvalue weighted by Gasteiger charge is -2.51. The van der Waals surface area contributed by atoms with Gasteiger partial charge in [-0.25, -0.2) is 0 Å². The molecule has 0 aromatic heterocycles. The van der Waals surface area contributed by atoms with E-state index in [2.05, 4.69) is 52.0 Å². The van der Waals surface area contributed by atoms with E-state index >= 15 is 0 Å². The smallest absolute Gasteiger partial charge is 0.118 e. The number of rotatable bonds is 9. The van der Waals surface area contributed by atoms with Gasteiger partial charge in [-0.2, -0.15) is 0 Å². The number of methoxy groups -OCH3 is 2. The maximum atomic E-state index is 6.51. The van der Waals surface area contributed by atoms with Crippen LogP contribution in [0.2, 0.25) is 0 Å². The van der Waals surface area contributed by atoms with Crippen LogP contribution in [0.15, 0.2) is 48.5 Å². The van der Waals surface area contributed by atoms with E-state index in [1.54, 1.807) is 14.2 Å². The Kier molecular flexibility index (Phi) is 7.65. The van der Waals surface area contributed by atoms with Crippen molar-refractivity contribution in [2.45, 2.75) is 38.1 Å². The van der Waals surface area contributed by atoms with E-state index in [9.17, 15) is 0 Å². The van der Waals surface area contributed by atoms with Crippen molar-refractivity contribution in [2.24, 2.45) is 0 Å². The van der Waals surface area contributed by atoms with E-state index in [0.717, 1.165) is 11.5 Å². The maximum Gasteiger partial charge on any atom is 0.118 e. The summed E-state index contributed by atoms with van der Waals surface area (Å²) in [5.74, 6) is 1.72. The summed E-state index contributed by atoms with van der Waals surface area (Å²) in [5, 5.41) is 0. The molecule has 27 heavy (non-hydrogen) atoms. The van der Waals surface area contributed by atoms with E-state index in [0.29, 0.717) is 5.66 Å². The molecule has 0 fully saturated rings. The predicted octanol–water partition coefficient (Wildman–Crippen LogP) is 5.96. The van der Waals surface area contributed by atoms with Crippen molar-refractivity contribution < 1.29 is 9.47 Å². The van der Waals surface area contributed by atoms with Crippen LogP contribution in [0.1, 0.15) is 38.8 Å². The molecule has 0 radical (unpaired) electrons. The highest BCUT2D eigenvalue weighted by Gasteiger charge is 2.45. The minimum Gasteiger partial charge on any atom is -0.773 e. The molecule has 2 nitrogen and oxygen atoms in total. The largest absolute Gasteiger partial charge is 0.773 e. The Morgan fingerprint density at radius 3 is 1.37 bits per heavy atom. The summed E-state index contributed by atoms with van der Waals surface area (Å²) in [7, 11) is 2.21. The van der Waals surface area contributed by atoms with Crippen molar-refractivity contribution in [1.29, 1.82) is 0 Å². The highest BCUT2D eigenvalue weighted by Crippen LogP contribution is 2.67. The van der Waals surface area contributed by atoms with Crippen LogP contribution in [-0.4, -0.2) is 38.4 Å². The zero-order valence-electron chi connectivity index (χ0n) is 17.5. The van der Waals surface area contributed by atoms with Crippen molar-refractivity contribution in [3.05, 3.63) is 59.7 Å². The molecule has 0 N–H and O–H groups in total. The third kappa shape index (κ3) is 4.15. The zero-order chi connectivity index (χ0) is 20.1. The Labute approximate surface area is 171 Å². The summed E-state index contributed by atoms with van der Waals surface area (Å²) in [6, 6.07) is 16.7. The van der Waals surface area contributed by atoms with Crippen LogP contribution in [0.3, 0.4) is 0 Å². The highest BCUT2D eigenvalue weighted by molar-refractivity contribution is 7.77. The number of benzene rings is 2. The molecular formula is C23H33O2PS. The molecule has 0 saturated heterocycles. The topological polar surface area (TPSA) is 18.5 Å². The van der Waals surface area contributed by atoms with E-state index in [1.807, 2.05) is 24.3 Å². The van der Waals surface area contributed by atoms with Gasteiger partial charge in [0.15, 0.2) is 0 Å². The van der Waals surface area contributed by atoms with E-state index in [4.69, 9.17) is 22.1 Å². The van der Waals surface area contributed by atoms with Crippen molar-refractivity contribution in [3.8, 4) is 11.5 Å². The van der Waals surface area contributed by atoms with Gasteiger partial charge < -0.3 is 22.1 Å². The van der Waals surface area contributed by atoms with Gasteiger partial charge in [0.25, 0.3) is 0 Å². The van der Waals surface area contributed by atoms with Gasteiger partial charge in [0.05, 0.1) is 38.4 Å². The molecule has 4 heteroatoms. The summed E-state index contributed by atoms with van der Waals surface area (Å²) < 4.78 is 10.3. The van der Waals surface area contributed by atoms with Crippen LogP contribution in [0.4, 0.5) is 0 Å². The van der Waals surface area contributed by atoms with Crippen molar-refractivity contribution in [1.82, 2.24) is 0 Å². The van der Waals surface area contributed by atoms with Crippen molar-refractivity contribution in [2.75, 3.05) is 32.7 Å². The van der Waals surface area contributed by atoms with E-state index in [-0.39, 0.29) is 0 Å². The van der Waals surface area contributed by atoms with Gasteiger partial charge in [0.1, 0.15) is 11.5 Å². The molecule has 1 atom stereocenters. The van der Waals surface area contributed by atoms with Crippen LogP contribution >= 0.6 is 7.26 Å². The molecule has 0 aliphatic heterocycles. The minimum atomic E-state index is -1.19. The Morgan fingerprint density at radius 1 is 0.778 bits per heavy atom. The van der Waals surface area contributed by atoms with Crippen LogP contribution in [0, 0.1) is 0 Å². The monoisotopic (exact) mass is 404 g/mol. The number of hydrogen-bond donors (Lipinski definition) is 0. The second-order valence-electron chi connectivity index (χ2n) is 7.04. The first-order valence-electron chi connectivity index (χ1n) is 9.77. The normalized spacial score (nSPS) is 13.3. The fraction of sp³-hybridized carbons (Fsp3) is 0.478. The molecule has 2 aromatic rings. The van der Waals surface area contributed by atoms with Gasteiger partial charge in [0.2, 0.25) is 0 Å². The molecule has 1 unspecified atom stereocenters. The summed E-state index contributed by atoms with van der Waals surface area (Å²) in [6.07, 6.45) is 3.68. The number of ether oxygens (including phenoxy) is 2. The van der Waals surface area contributed by atoms with Gasteiger partial charge in [-0.1, -0.05) is 40.1 Å². The average Bonchev–Trinajstić information content (AvgIpc) is 2.74. The van der Waals surface area contributed by atoms with Crippen LogP contribution < -0.4 is 9.47 Å². The second-order valence-corrected chi connectivity index (χ2v) is 12.8. The fourth-order valence-electron chi connectivity index (χ4n) is 4.20. The standard InChI is InChI=1S/C23H33O2PS/c1-7-26(8-2,9-3)18(4)23(27,19-10-14-21(24-5)15-11-19)20-12-16-22(25-6)17-13-20/h10-18H,7-9H2,1-6H3. The second kappa shape index (κ2) is 9.34. The first-order chi connectivity index (χ1) is 12.9. The Bertz CT molecular complexity index is 652. The first-order valence-corrected chi connectivity index (χ1v) is 12.6. The molecule has 0 spiro atoms. The third-order valence-corrected chi connectivity index (χ3v) is 13.1. The van der Waals surface area contributed by atoms with Crippen LogP contribution in [0.5, 0.6) is 11.5 Å². The number of hydrogen-bond acceptors (Lipinski definition) is 3. The zero-order valence-corrected chi connectivity index (χ0v) is 19.2. The van der Waals surface area contributed by atoms with Gasteiger partial charge in [-0.05, 0) is 52.0 Å². The summed E-state index contributed by atoms with van der Waals surface area (Å²) in [4.78, 5) is 0. The maximum absolute atomic E-state index is 6.51. The lowest BCUT2D eigenvalue weighted by molar-refractivity contribution is 0.414. The molecule has 0 heterocycles. The van der Waals surface area contributed by atoms with Gasteiger partial charge in [-0.15, -0.1) is 0 Å². The lowest BCUT2D eigenvalue weighted by atomic mass is 9.87. The quantitative estimate of drug-likeness (QED) is 0.379. The Hall–Kier alpha value is -1.18. The molecular weight excluding hydrogens is 371 g/mol. The van der Waals surface area contributed by atoms with Gasteiger partial charge in [-0.3, -0.25) is 0 Å². The average molecular weight is 405 g/mol. The first kappa shape index (κ1) is 22.1. The van der Waals surface area contributed by atoms with Crippen LogP contribution in [-0.2, 0) is 17.4 Å². The lowest BCUT2D eigenvalue weighted by Crippen LogP contribution is -2.40. The molecule has 0 aliphatic rings. The van der Waals surface area contributed by atoms with Gasteiger partial charge in [0, 0.05) is 7.26 Å². The third-order valence-electron chi connectivity index (χ3n) is 6.34. The molecule has 2 aromatic carbocycles. The molecule has 0 saturated carbocycles. The summed E-state index contributed by atoms with van der Waals surface area (Å²) >= 11 is 6.51. The molecule has 0 aliphatic carbocycles. The molecule has 0 amide bonds. The SMILES string of the molecule is CC[P+](CC)(CC)C(C)C([S-])(c1ccc(OC)cc1)c1ccc(OC)cc1. The Balaban J connectivity index is 2.65. The van der Waals surface area contributed by atoms with E-state index in [1.165, 1.54) is 29.6 Å². The highest BCUT2D eigenvalue weighted by atomic mass is 32.1. The minimum absolute atomic E-state index is 0.404. The fourth-order valence-corrected chi connectivity index (χ4v) is 9.20. The van der Waals surface area contributed by atoms with Crippen LogP contribution in [0.25, 0.3) is 0 Å². The van der Waals surface area contributed by atoms with Crippen molar-refractivity contribution in [3.63, 3.8) is 0 Å². The summed E-state index contributed by atoms with van der Waals surface area (Å²) in [6.45, 7) is 9.41. The Morgan fingerprint density at radius 2 is 1.11 bits per heavy atom. The van der Waals surface area contributed by atoms with E-state index < -0.39 is 12.0 Å². The predicted molar refractivity (Wildman–Crippen MR) is 122 cm³/mol. The molecule has 0 bridgehead atoms. The molecule has 2 rings (SSSR count). The molecule has 148 valence electrons.